The van der Waals surface area contributed by atoms with Crippen molar-refractivity contribution in [3.63, 3.8) is 0 Å². The minimum Gasteiger partial charge on any atom is -0.478 e. The maximum Gasteiger partial charge on any atom is 0.347 e. The molecular formula is C16H25NO3. The van der Waals surface area contributed by atoms with Crippen LogP contribution in [0.5, 0.6) is 0 Å². The molecule has 20 heavy (non-hydrogen) atoms. The van der Waals surface area contributed by atoms with Crippen molar-refractivity contribution < 1.29 is 14.6 Å². The van der Waals surface area contributed by atoms with Crippen LogP contribution in [0.4, 0.5) is 0 Å². The average molecular weight is 279 g/mol. The standard InChI is InChI=1S/C16H25NO3/c18-16(19)14-13(11-7-3-1-4-8-11)17-15(20-14)12-9-5-2-6-10-12/h11-14H,1-10H2,(H,18,19)/t13-,14+/m0/s1. The zero-order valence-corrected chi connectivity index (χ0v) is 12.1. The van der Waals surface area contributed by atoms with Crippen molar-refractivity contribution >= 4 is 11.9 Å². The molecule has 0 spiro atoms. The highest BCUT2D eigenvalue weighted by atomic mass is 16.5. The van der Waals surface area contributed by atoms with Crippen LogP contribution in [0.3, 0.4) is 0 Å². The van der Waals surface area contributed by atoms with Gasteiger partial charge in [0, 0.05) is 5.92 Å². The smallest absolute Gasteiger partial charge is 0.347 e. The molecule has 2 aliphatic carbocycles. The van der Waals surface area contributed by atoms with Gasteiger partial charge in [-0.25, -0.2) is 9.79 Å². The number of aliphatic imine (C=N–C) groups is 1. The fraction of sp³-hybridized carbons (Fsp3) is 0.875. The monoisotopic (exact) mass is 279 g/mol. The van der Waals surface area contributed by atoms with Crippen molar-refractivity contribution in [2.75, 3.05) is 0 Å². The van der Waals surface area contributed by atoms with Crippen molar-refractivity contribution in [1.29, 1.82) is 0 Å². The van der Waals surface area contributed by atoms with E-state index in [0.29, 0.717) is 11.8 Å². The van der Waals surface area contributed by atoms with Gasteiger partial charge in [-0.2, -0.15) is 0 Å². The van der Waals surface area contributed by atoms with E-state index in [4.69, 9.17) is 9.73 Å². The Balaban J connectivity index is 1.73. The highest BCUT2D eigenvalue weighted by Gasteiger charge is 2.43. The van der Waals surface area contributed by atoms with Crippen LogP contribution >= 0.6 is 0 Å². The van der Waals surface area contributed by atoms with E-state index in [2.05, 4.69) is 0 Å². The third-order valence-electron chi connectivity index (χ3n) is 5.16. The Bertz CT molecular complexity index is 381. The molecule has 0 aromatic heterocycles. The van der Waals surface area contributed by atoms with Crippen molar-refractivity contribution in [2.24, 2.45) is 16.8 Å². The SMILES string of the molecule is O=C(O)[C@@H]1OC(C2CCCCC2)=N[C@H]1C1CCCCC1. The van der Waals surface area contributed by atoms with Crippen LogP contribution in [0, 0.1) is 11.8 Å². The molecule has 3 rings (SSSR count). The van der Waals surface area contributed by atoms with Crippen LogP contribution in [-0.4, -0.2) is 29.1 Å². The summed E-state index contributed by atoms with van der Waals surface area (Å²) in [5.74, 6) is 0.702. The number of hydrogen-bond acceptors (Lipinski definition) is 3. The third-order valence-corrected chi connectivity index (χ3v) is 5.16. The molecule has 2 fully saturated rings. The lowest BCUT2D eigenvalue weighted by Gasteiger charge is -2.26. The van der Waals surface area contributed by atoms with Gasteiger partial charge in [0.1, 0.15) is 6.04 Å². The number of carboxylic acids is 1. The van der Waals surface area contributed by atoms with Crippen LogP contribution in [0.25, 0.3) is 0 Å². The molecule has 0 bridgehead atoms. The Morgan fingerprint density at radius 1 is 1.00 bits per heavy atom. The first-order chi connectivity index (χ1) is 9.75. The minimum atomic E-state index is -0.838. The molecule has 2 saturated carbocycles. The van der Waals surface area contributed by atoms with Gasteiger partial charge in [-0.15, -0.1) is 0 Å². The van der Waals surface area contributed by atoms with Crippen LogP contribution < -0.4 is 0 Å². The first-order valence-corrected chi connectivity index (χ1v) is 8.23. The second-order valence-electron chi connectivity index (χ2n) is 6.57. The predicted molar refractivity (Wildman–Crippen MR) is 76.9 cm³/mol. The quantitative estimate of drug-likeness (QED) is 0.861. The Morgan fingerprint density at radius 3 is 2.20 bits per heavy atom. The second kappa shape index (κ2) is 6.15. The van der Waals surface area contributed by atoms with E-state index >= 15 is 0 Å². The number of hydrogen-bond donors (Lipinski definition) is 1. The first-order valence-electron chi connectivity index (χ1n) is 8.23. The van der Waals surface area contributed by atoms with E-state index < -0.39 is 12.1 Å². The Kier molecular flexibility index (Phi) is 4.27. The summed E-state index contributed by atoms with van der Waals surface area (Å²) in [5.41, 5.74) is 0. The van der Waals surface area contributed by atoms with Crippen LogP contribution in [0.1, 0.15) is 64.2 Å². The maximum atomic E-state index is 11.5. The second-order valence-corrected chi connectivity index (χ2v) is 6.57. The number of rotatable bonds is 3. The summed E-state index contributed by atoms with van der Waals surface area (Å²) in [6.07, 6.45) is 11.2. The zero-order chi connectivity index (χ0) is 13.9. The molecule has 4 nitrogen and oxygen atoms in total. The fourth-order valence-electron chi connectivity index (χ4n) is 4.02. The van der Waals surface area contributed by atoms with Gasteiger partial charge in [-0.3, -0.25) is 0 Å². The molecule has 112 valence electrons. The molecule has 0 amide bonds. The third kappa shape index (κ3) is 2.84. The number of nitrogens with zero attached hydrogens (tertiary/aromatic N) is 1. The fourth-order valence-corrected chi connectivity index (χ4v) is 4.02. The molecule has 1 aliphatic heterocycles. The largest absolute Gasteiger partial charge is 0.478 e. The summed E-state index contributed by atoms with van der Waals surface area (Å²) in [4.78, 5) is 16.2. The number of aliphatic carboxylic acids is 1. The van der Waals surface area contributed by atoms with E-state index in [9.17, 15) is 9.90 Å². The van der Waals surface area contributed by atoms with E-state index in [1.54, 1.807) is 0 Å². The molecule has 0 unspecified atom stereocenters. The van der Waals surface area contributed by atoms with Gasteiger partial charge < -0.3 is 9.84 Å². The molecule has 0 aromatic rings. The van der Waals surface area contributed by atoms with Crippen LogP contribution in [0.15, 0.2) is 4.99 Å². The van der Waals surface area contributed by atoms with E-state index in [1.807, 2.05) is 0 Å². The molecule has 3 aliphatic rings. The van der Waals surface area contributed by atoms with E-state index in [-0.39, 0.29) is 6.04 Å². The predicted octanol–water partition coefficient (Wildman–Crippen LogP) is 3.40. The molecule has 1 heterocycles. The van der Waals surface area contributed by atoms with E-state index in [0.717, 1.165) is 31.6 Å². The Morgan fingerprint density at radius 2 is 1.60 bits per heavy atom. The summed E-state index contributed by atoms with van der Waals surface area (Å²) >= 11 is 0. The summed E-state index contributed by atoms with van der Waals surface area (Å²) in [7, 11) is 0. The highest BCUT2D eigenvalue weighted by Crippen LogP contribution is 2.36. The van der Waals surface area contributed by atoms with Crippen molar-refractivity contribution in [1.82, 2.24) is 0 Å². The van der Waals surface area contributed by atoms with Crippen molar-refractivity contribution in [3.05, 3.63) is 0 Å². The minimum absolute atomic E-state index is 0.135. The summed E-state index contributed by atoms with van der Waals surface area (Å²) < 4.78 is 5.78. The van der Waals surface area contributed by atoms with E-state index in [1.165, 1.54) is 38.5 Å². The topological polar surface area (TPSA) is 58.9 Å². The van der Waals surface area contributed by atoms with Gasteiger partial charge in [-0.05, 0) is 31.6 Å². The van der Waals surface area contributed by atoms with Gasteiger partial charge in [-0.1, -0.05) is 38.5 Å². The molecule has 0 radical (unpaired) electrons. The highest BCUT2D eigenvalue weighted by molar-refractivity contribution is 5.86. The van der Waals surface area contributed by atoms with Gasteiger partial charge in [0.05, 0.1) is 0 Å². The lowest BCUT2D eigenvalue weighted by atomic mass is 9.82. The summed E-state index contributed by atoms with van der Waals surface area (Å²) in [6, 6.07) is -0.135. The number of carboxylic acid groups (broad SMARTS) is 1. The normalized spacial score (nSPS) is 32.7. The summed E-state index contributed by atoms with van der Waals surface area (Å²) in [6.45, 7) is 0. The Hall–Kier alpha value is -1.06. The first kappa shape index (κ1) is 13.9. The lowest BCUT2D eigenvalue weighted by molar-refractivity contribution is -0.146. The maximum absolute atomic E-state index is 11.5. The van der Waals surface area contributed by atoms with Gasteiger partial charge >= 0.3 is 5.97 Å². The van der Waals surface area contributed by atoms with Gasteiger partial charge in [0.15, 0.2) is 5.90 Å². The number of ether oxygens (including phenoxy) is 1. The molecule has 1 N–H and O–H groups in total. The molecule has 2 atom stereocenters. The molecule has 4 heteroatoms. The van der Waals surface area contributed by atoms with Crippen LogP contribution in [0.2, 0.25) is 0 Å². The lowest BCUT2D eigenvalue weighted by Crippen LogP contribution is -2.37. The zero-order valence-electron chi connectivity index (χ0n) is 12.1. The van der Waals surface area contributed by atoms with Gasteiger partial charge in [0.2, 0.25) is 6.10 Å². The van der Waals surface area contributed by atoms with Gasteiger partial charge in [0.25, 0.3) is 0 Å². The van der Waals surface area contributed by atoms with Crippen molar-refractivity contribution in [3.8, 4) is 0 Å². The Labute approximate surface area is 120 Å². The van der Waals surface area contributed by atoms with Crippen molar-refractivity contribution in [2.45, 2.75) is 76.4 Å². The molecule has 0 saturated heterocycles. The molecular weight excluding hydrogens is 254 g/mol. The summed E-state index contributed by atoms with van der Waals surface area (Å²) in [5, 5.41) is 9.43. The number of carbonyl (C=O) groups is 1. The average Bonchev–Trinajstić information content (AvgIpc) is 2.94. The van der Waals surface area contributed by atoms with Crippen LogP contribution in [-0.2, 0) is 9.53 Å². The molecule has 0 aromatic carbocycles.